The molecule has 3 aromatic rings. The third-order valence-corrected chi connectivity index (χ3v) is 6.77. The molecule has 0 aliphatic carbocycles. The summed E-state index contributed by atoms with van der Waals surface area (Å²) >= 11 is 6.21. The number of amides is 3. The van der Waals surface area contributed by atoms with Gasteiger partial charge in [-0.2, -0.15) is 0 Å². The van der Waals surface area contributed by atoms with Crippen LogP contribution in [0.2, 0.25) is 5.02 Å². The third kappa shape index (κ3) is 4.87. The SMILES string of the molecule is CC(C)[C@@H]1Nc2nc(nc3ccccc23)CN2CCN(C(=O)Nc3ccccc3Cl)CC2NC1=O. The van der Waals surface area contributed by atoms with Crippen LogP contribution in [0.3, 0.4) is 0 Å². The molecular formula is C25H28ClN7O2. The second kappa shape index (κ2) is 9.67. The normalized spacial score (nSPS) is 20.7. The van der Waals surface area contributed by atoms with E-state index in [9.17, 15) is 9.59 Å². The molecule has 2 aliphatic heterocycles. The molecule has 3 heterocycles. The van der Waals surface area contributed by atoms with Crippen LogP contribution >= 0.6 is 11.6 Å². The molecule has 2 bridgehead atoms. The number of halogens is 1. The zero-order valence-electron chi connectivity index (χ0n) is 19.7. The van der Waals surface area contributed by atoms with Gasteiger partial charge in [0.2, 0.25) is 5.91 Å². The number of rotatable bonds is 2. The molecule has 2 aliphatic rings. The van der Waals surface area contributed by atoms with Crippen LogP contribution in [0.1, 0.15) is 19.7 Å². The van der Waals surface area contributed by atoms with Crippen molar-refractivity contribution in [2.24, 2.45) is 5.92 Å². The van der Waals surface area contributed by atoms with Gasteiger partial charge in [-0.1, -0.05) is 49.7 Å². The number of nitrogens with zero attached hydrogens (tertiary/aromatic N) is 4. The Bertz CT molecular complexity index is 1270. The number of anilines is 2. The van der Waals surface area contributed by atoms with Crippen LogP contribution in [-0.4, -0.2) is 63.5 Å². The summed E-state index contributed by atoms with van der Waals surface area (Å²) in [5, 5.41) is 10.8. The first kappa shape index (κ1) is 23.3. The first-order chi connectivity index (χ1) is 16.9. The Morgan fingerprint density at radius 2 is 1.86 bits per heavy atom. The van der Waals surface area contributed by atoms with Crippen molar-refractivity contribution < 1.29 is 9.59 Å². The van der Waals surface area contributed by atoms with Gasteiger partial charge in [0.25, 0.3) is 0 Å². The number of aromatic nitrogens is 2. The molecule has 3 N–H and O–H groups in total. The van der Waals surface area contributed by atoms with Crippen LogP contribution in [0.4, 0.5) is 16.3 Å². The number of hydrogen-bond acceptors (Lipinski definition) is 6. The first-order valence-corrected chi connectivity index (χ1v) is 12.1. The van der Waals surface area contributed by atoms with Crippen LogP contribution in [0.25, 0.3) is 10.9 Å². The van der Waals surface area contributed by atoms with Crippen LogP contribution in [-0.2, 0) is 11.3 Å². The quantitative estimate of drug-likeness (QED) is 0.504. The smallest absolute Gasteiger partial charge is 0.322 e. The number of fused-ring (bicyclic) bond motifs is 5. The number of nitrogens with one attached hydrogen (secondary N) is 3. The van der Waals surface area contributed by atoms with E-state index in [-0.39, 0.29) is 24.0 Å². The van der Waals surface area contributed by atoms with Crippen molar-refractivity contribution in [1.29, 1.82) is 0 Å². The maximum atomic E-state index is 13.4. The van der Waals surface area contributed by atoms with Crippen LogP contribution in [0.15, 0.2) is 48.5 Å². The Labute approximate surface area is 208 Å². The minimum Gasteiger partial charge on any atom is -0.358 e. The maximum absolute atomic E-state index is 13.4. The summed E-state index contributed by atoms with van der Waals surface area (Å²) in [4.78, 5) is 39.8. The van der Waals surface area contributed by atoms with Crippen molar-refractivity contribution in [1.82, 2.24) is 25.1 Å². The van der Waals surface area contributed by atoms with Crippen molar-refractivity contribution >= 4 is 45.9 Å². The predicted octanol–water partition coefficient (Wildman–Crippen LogP) is 3.53. The average Bonchev–Trinajstić information content (AvgIpc) is 2.84. The zero-order valence-corrected chi connectivity index (χ0v) is 20.4. The lowest BCUT2D eigenvalue weighted by Gasteiger charge is -2.42. The summed E-state index contributed by atoms with van der Waals surface area (Å²) in [6, 6.07) is 14.2. The Balaban J connectivity index is 1.43. The van der Waals surface area contributed by atoms with Gasteiger partial charge in [-0.3, -0.25) is 9.69 Å². The molecule has 1 fully saturated rings. The summed E-state index contributed by atoms with van der Waals surface area (Å²) in [6.45, 7) is 5.83. The fourth-order valence-corrected chi connectivity index (χ4v) is 4.69. The van der Waals surface area contributed by atoms with E-state index in [1.807, 2.05) is 50.2 Å². The highest BCUT2D eigenvalue weighted by Crippen LogP contribution is 2.25. The molecule has 2 aromatic carbocycles. The number of carbonyl (C=O) groups is 2. The molecule has 10 heteroatoms. The van der Waals surface area contributed by atoms with E-state index in [2.05, 4.69) is 20.9 Å². The molecule has 0 spiro atoms. The van der Waals surface area contributed by atoms with Gasteiger partial charge in [-0.05, 0) is 30.2 Å². The first-order valence-electron chi connectivity index (χ1n) is 11.8. The second-order valence-corrected chi connectivity index (χ2v) is 9.63. The van der Waals surface area contributed by atoms with E-state index in [4.69, 9.17) is 21.6 Å². The topological polar surface area (TPSA) is 102 Å². The predicted molar refractivity (Wildman–Crippen MR) is 136 cm³/mol. The van der Waals surface area contributed by atoms with E-state index in [0.717, 1.165) is 10.9 Å². The Kier molecular flexibility index (Phi) is 6.44. The molecule has 1 saturated heterocycles. The lowest BCUT2D eigenvalue weighted by molar-refractivity contribution is -0.125. The lowest BCUT2D eigenvalue weighted by Crippen LogP contribution is -2.63. The summed E-state index contributed by atoms with van der Waals surface area (Å²) in [7, 11) is 0. The van der Waals surface area contributed by atoms with Gasteiger partial charge in [-0.25, -0.2) is 14.8 Å². The Morgan fingerprint density at radius 1 is 1.09 bits per heavy atom. The number of carbonyl (C=O) groups excluding carboxylic acids is 2. The van der Waals surface area contributed by atoms with Gasteiger partial charge in [-0.15, -0.1) is 0 Å². The monoisotopic (exact) mass is 493 g/mol. The number of urea groups is 1. The molecule has 9 nitrogen and oxygen atoms in total. The second-order valence-electron chi connectivity index (χ2n) is 9.22. The molecule has 0 radical (unpaired) electrons. The fourth-order valence-electron chi connectivity index (χ4n) is 4.51. The van der Waals surface area contributed by atoms with E-state index < -0.39 is 6.04 Å². The molecule has 1 unspecified atom stereocenters. The highest BCUT2D eigenvalue weighted by atomic mass is 35.5. The van der Waals surface area contributed by atoms with Gasteiger partial charge in [0, 0.05) is 18.5 Å². The summed E-state index contributed by atoms with van der Waals surface area (Å²) in [5.74, 6) is 1.22. The maximum Gasteiger partial charge on any atom is 0.322 e. The number of hydrogen-bond donors (Lipinski definition) is 3. The summed E-state index contributed by atoms with van der Waals surface area (Å²) < 4.78 is 0. The Morgan fingerprint density at radius 3 is 2.66 bits per heavy atom. The molecule has 35 heavy (non-hydrogen) atoms. The van der Waals surface area contributed by atoms with E-state index in [1.54, 1.807) is 17.0 Å². The number of para-hydroxylation sites is 2. The van der Waals surface area contributed by atoms with Crippen molar-refractivity contribution in [3.8, 4) is 0 Å². The van der Waals surface area contributed by atoms with E-state index in [0.29, 0.717) is 48.5 Å². The zero-order chi connectivity index (χ0) is 24.5. The molecule has 2 atom stereocenters. The third-order valence-electron chi connectivity index (χ3n) is 6.44. The fraction of sp³-hybridized carbons (Fsp3) is 0.360. The molecule has 182 valence electrons. The Hall–Kier alpha value is -3.43. The molecule has 0 saturated carbocycles. The average molecular weight is 494 g/mol. The lowest BCUT2D eigenvalue weighted by atomic mass is 10.0. The number of benzene rings is 2. The van der Waals surface area contributed by atoms with Crippen molar-refractivity contribution in [3.05, 3.63) is 59.4 Å². The van der Waals surface area contributed by atoms with Crippen LogP contribution in [0, 0.1) is 5.92 Å². The molecule has 1 aromatic heterocycles. The van der Waals surface area contributed by atoms with E-state index in [1.165, 1.54) is 0 Å². The summed E-state index contributed by atoms with van der Waals surface area (Å²) in [5.41, 5.74) is 1.38. The van der Waals surface area contributed by atoms with Crippen molar-refractivity contribution in [2.75, 3.05) is 30.3 Å². The van der Waals surface area contributed by atoms with Gasteiger partial charge in [0.15, 0.2) is 0 Å². The van der Waals surface area contributed by atoms with Gasteiger partial charge in [0.1, 0.15) is 23.8 Å². The minimum atomic E-state index is -0.492. The van der Waals surface area contributed by atoms with Crippen LogP contribution in [0.5, 0.6) is 0 Å². The van der Waals surface area contributed by atoms with Crippen molar-refractivity contribution in [2.45, 2.75) is 32.6 Å². The van der Waals surface area contributed by atoms with Gasteiger partial charge < -0.3 is 20.9 Å². The number of piperazine rings is 1. The largest absolute Gasteiger partial charge is 0.358 e. The molecular weight excluding hydrogens is 466 g/mol. The van der Waals surface area contributed by atoms with Crippen LogP contribution < -0.4 is 16.0 Å². The highest BCUT2D eigenvalue weighted by molar-refractivity contribution is 6.33. The molecule has 3 amide bonds. The van der Waals surface area contributed by atoms with Gasteiger partial charge in [0.05, 0.1) is 29.3 Å². The van der Waals surface area contributed by atoms with Crippen molar-refractivity contribution in [3.63, 3.8) is 0 Å². The summed E-state index contributed by atoms with van der Waals surface area (Å²) in [6.07, 6.45) is -0.382. The molecule has 5 rings (SSSR count). The standard InChI is InChI=1S/C25H28ClN7O2/c1-15(2)22-24(34)30-21-14-33(25(35)28-19-10-6-4-8-17(19)26)12-11-32(21)13-20-27-18-9-5-3-7-16(18)23(29-20)31-22/h3-10,15,21-22H,11-14H2,1-2H3,(H,28,35)(H,30,34)(H,27,29,31)/t21?,22-/m0/s1. The van der Waals surface area contributed by atoms with Gasteiger partial charge >= 0.3 is 6.03 Å². The minimum absolute atomic E-state index is 0.0169. The van der Waals surface area contributed by atoms with E-state index >= 15 is 0 Å². The highest BCUT2D eigenvalue weighted by Gasteiger charge is 2.35.